The normalized spacial score (nSPS) is 19.2. The second-order valence-corrected chi connectivity index (χ2v) is 6.10. The van der Waals surface area contributed by atoms with Crippen LogP contribution >= 0.6 is 0 Å². The molecule has 0 bridgehead atoms. The van der Waals surface area contributed by atoms with Gasteiger partial charge in [-0.15, -0.1) is 5.73 Å². The van der Waals surface area contributed by atoms with E-state index in [0.29, 0.717) is 18.6 Å². The van der Waals surface area contributed by atoms with E-state index in [0.717, 1.165) is 16.7 Å². The molecule has 0 aromatic heterocycles. The Bertz CT molecular complexity index is 741. The molecular weight excluding hydrogens is 314 g/mol. The van der Waals surface area contributed by atoms with Crippen molar-refractivity contribution in [2.45, 2.75) is 40.0 Å². The van der Waals surface area contributed by atoms with Crippen LogP contribution in [0.1, 0.15) is 40.0 Å². The van der Waals surface area contributed by atoms with Gasteiger partial charge in [-0.05, 0) is 50.5 Å². The van der Waals surface area contributed by atoms with Crippen LogP contribution in [0.2, 0.25) is 0 Å². The molecular formula is C21H25NO3. The molecule has 0 saturated carbocycles. The van der Waals surface area contributed by atoms with Gasteiger partial charge in [0.2, 0.25) is 0 Å². The molecule has 1 aliphatic rings. The Hall–Kier alpha value is -2.71. The number of hydrogen-bond acceptors (Lipinski definition) is 4. The number of ketones is 2. The van der Waals surface area contributed by atoms with Gasteiger partial charge in [-0.25, -0.2) is 0 Å². The monoisotopic (exact) mass is 339 g/mol. The zero-order chi connectivity index (χ0) is 19.0. The summed E-state index contributed by atoms with van der Waals surface area (Å²) in [4.78, 5) is 23.9. The van der Waals surface area contributed by atoms with Gasteiger partial charge < -0.3 is 10.1 Å². The minimum Gasteiger partial charge on any atom is -0.489 e. The van der Waals surface area contributed by atoms with Crippen molar-refractivity contribution in [2.24, 2.45) is 0 Å². The molecule has 4 nitrogen and oxygen atoms in total. The molecule has 0 amide bonds. The van der Waals surface area contributed by atoms with Gasteiger partial charge in [0.1, 0.15) is 12.4 Å². The first-order valence-corrected chi connectivity index (χ1v) is 8.10. The number of carbonyl (C=O) groups is 2. The summed E-state index contributed by atoms with van der Waals surface area (Å²) in [6.07, 6.45) is 6.48. The second kappa shape index (κ2) is 9.55. The first-order chi connectivity index (χ1) is 11.7. The van der Waals surface area contributed by atoms with Crippen LogP contribution in [0, 0.1) is 5.41 Å². The highest BCUT2D eigenvalue weighted by Crippen LogP contribution is 2.21. The van der Waals surface area contributed by atoms with E-state index in [4.69, 9.17) is 10.1 Å². The molecule has 0 radical (unpaired) electrons. The van der Waals surface area contributed by atoms with Crippen molar-refractivity contribution in [1.29, 1.82) is 5.41 Å². The standard InChI is InChI=1S/C21H25NO3/c1-14(2)15(3)10-11-18-8-6-7-9-20(25-13-16(4)23)21(17(5)22)19(24)12-18/h7-8,11,22H,1,3,9-10,12-13H2,2,4-5H3/b18-11+,21-20+,22-17?. The number of ether oxygens (including phenoxy) is 1. The average Bonchev–Trinajstić information content (AvgIpc) is 2.59. The zero-order valence-corrected chi connectivity index (χ0v) is 15.2. The molecule has 0 aromatic carbocycles. The Morgan fingerprint density at radius 1 is 1.36 bits per heavy atom. The van der Waals surface area contributed by atoms with E-state index in [2.05, 4.69) is 18.9 Å². The van der Waals surface area contributed by atoms with Crippen molar-refractivity contribution in [3.8, 4) is 0 Å². The molecule has 1 rings (SSSR count). The van der Waals surface area contributed by atoms with E-state index < -0.39 is 0 Å². The maximum atomic E-state index is 12.7. The highest BCUT2D eigenvalue weighted by molar-refractivity contribution is 6.21. The van der Waals surface area contributed by atoms with Crippen molar-refractivity contribution in [2.75, 3.05) is 6.61 Å². The number of rotatable bonds is 7. The lowest BCUT2D eigenvalue weighted by Crippen LogP contribution is -2.16. The van der Waals surface area contributed by atoms with E-state index in [1.807, 2.05) is 13.0 Å². The lowest BCUT2D eigenvalue weighted by molar-refractivity contribution is -0.120. The third kappa shape index (κ3) is 6.74. The van der Waals surface area contributed by atoms with Crippen LogP contribution in [0.4, 0.5) is 0 Å². The van der Waals surface area contributed by atoms with E-state index in [1.54, 1.807) is 19.1 Å². The summed E-state index contributed by atoms with van der Waals surface area (Å²) in [5.74, 6) is 0.00741. The van der Waals surface area contributed by atoms with Crippen LogP contribution in [0.15, 0.2) is 65.2 Å². The zero-order valence-electron chi connectivity index (χ0n) is 15.2. The number of Topliss-reactive ketones (excluding diaryl/α,β-unsaturated/α-hetero) is 2. The van der Waals surface area contributed by atoms with Gasteiger partial charge in [0.05, 0.1) is 5.57 Å². The van der Waals surface area contributed by atoms with Crippen molar-refractivity contribution < 1.29 is 14.3 Å². The first-order valence-electron chi connectivity index (χ1n) is 8.10. The molecule has 0 saturated heterocycles. The van der Waals surface area contributed by atoms with Crippen molar-refractivity contribution in [3.05, 3.63) is 65.2 Å². The van der Waals surface area contributed by atoms with Crippen LogP contribution in [0.25, 0.3) is 0 Å². The third-order valence-electron chi connectivity index (χ3n) is 3.64. The average molecular weight is 339 g/mol. The Morgan fingerprint density at radius 2 is 2.04 bits per heavy atom. The Labute approximate surface area is 149 Å². The summed E-state index contributed by atoms with van der Waals surface area (Å²) < 4.78 is 5.48. The second-order valence-electron chi connectivity index (χ2n) is 6.10. The fraction of sp³-hybridized carbons (Fsp3) is 0.333. The highest BCUT2D eigenvalue weighted by Gasteiger charge is 2.20. The predicted molar refractivity (Wildman–Crippen MR) is 101 cm³/mol. The quantitative estimate of drug-likeness (QED) is 0.424. The van der Waals surface area contributed by atoms with Crippen LogP contribution in [-0.4, -0.2) is 23.9 Å². The fourth-order valence-corrected chi connectivity index (χ4v) is 2.20. The van der Waals surface area contributed by atoms with E-state index in [1.165, 1.54) is 6.92 Å². The third-order valence-corrected chi connectivity index (χ3v) is 3.64. The van der Waals surface area contributed by atoms with Crippen molar-refractivity contribution >= 4 is 17.3 Å². The molecule has 0 aliphatic heterocycles. The maximum absolute atomic E-state index is 12.7. The number of hydrogen-bond donors (Lipinski definition) is 1. The topological polar surface area (TPSA) is 67.2 Å². The molecule has 4 heteroatoms. The number of allylic oxidation sites excluding steroid dienone is 6. The molecule has 0 fully saturated rings. The summed E-state index contributed by atoms with van der Waals surface area (Å²) in [7, 11) is 0. The molecule has 0 spiro atoms. The summed E-state index contributed by atoms with van der Waals surface area (Å²) in [5, 5.41) is 7.93. The van der Waals surface area contributed by atoms with Gasteiger partial charge in [0.15, 0.2) is 11.6 Å². The SMILES string of the molecule is C=C(C)C(=C)C/C=C1\C=C=CC/C(OCC(C)=O)=C(/C(C)=N)C(=O)C1. The number of nitrogens with one attached hydrogen (secondary N) is 1. The predicted octanol–water partition coefficient (Wildman–Crippen LogP) is 4.41. The first kappa shape index (κ1) is 20.3. The molecule has 25 heavy (non-hydrogen) atoms. The molecule has 1 N–H and O–H groups in total. The van der Waals surface area contributed by atoms with Gasteiger partial charge in [0, 0.05) is 18.6 Å². The van der Waals surface area contributed by atoms with E-state index in [9.17, 15) is 9.59 Å². The van der Waals surface area contributed by atoms with Gasteiger partial charge in [-0.2, -0.15) is 0 Å². The Morgan fingerprint density at radius 3 is 2.60 bits per heavy atom. The van der Waals surface area contributed by atoms with Gasteiger partial charge in [-0.3, -0.25) is 9.59 Å². The lowest BCUT2D eigenvalue weighted by atomic mass is 9.97. The number of carbonyl (C=O) groups excluding carboxylic acids is 2. The minimum absolute atomic E-state index is 0.113. The largest absolute Gasteiger partial charge is 0.489 e. The van der Waals surface area contributed by atoms with Crippen LogP contribution in [0.5, 0.6) is 0 Å². The van der Waals surface area contributed by atoms with Crippen LogP contribution in [-0.2, 0) is 14.3 Å². The summed E-state index contributed by atoms with van der Waals surface area (Å²) in [6, 6.07) is 0. The molecule has 0 unspecified atom stereocenters. The van der Waals surface area contributed by atoms with Gasteiger partial charge in [0.25, 0.3) is 0 Å². The molecule has 0 heterocycles. The van der Waals surface area contributed by atoms with Gasteiger partial charge in [-0.1, -0.05) is 24.8 Å². The highest BCUT2D eigenvalue weighted by atomic mass is 16.5. The minimum atomic E-state index is -0.202. The van der Waals surface area contributed by atoms with Crippen molar-refractivity contribution in [3.63, 3.8) is 0 Å². The van der Waals surface area contributed by atoms with Crippen LogP contribution < -0.4 is 0 Å². The van der Waals surface area contributed by atoms with E-state index >= 15 is 0 Å². The van der Waals surface area contributed by atoms with Gasteiger partial charge >= 0.3 is 0 Å². The molecule has 0 aromatic rings. The molecule has 1 aliphatic carbocycles. The molecule has 132 valence electrons. The Kier molecular flexibility index (Phi) is 7.77. The van der Waals surface area contributed by atoms with Crippen LogP contribution in [0.3, 0.4) is 0 Å². The maximum Gasteiger partial charge on any atom is 0.172 e. The summed E-state index contributed by atoms with van der Waals surface area (Å²) >= 11 is 0. The summed E-state index contributed by atoms with van der Waals surface area (Å²) in [5.41, 5.74) is 6.01. The fourth-order valence-electron chi connectivity index (χ4n) is 2.20. The Balaban J connectivity index is 3.16. The molecule has 0 atom stereocenters. The van der Waals surface area contributed by atoms with Crippen molar-refractivity contribution in [1.82, 2.24) is 0 Å². The van der Waals surface area contributed by atoms with E-state index in [-0.39, 0.29) is 35.9 Å². The summed E-state index contributed by atoms with van der Waals surface area (Å²) in [6.45, 7) is 12.5. The lowest BCUT2D eigenvalue weighted by Gasteiger charge is -2.13. The smallest absolute Gasteiger partial charge is 0.172 e.